The van der Waals surface area contributed by atoms with Crippen molar-refractivity contribution in [2.45, 2.75) is 76.6 Å². The summed E-state index contributed by atoms with van der Waals surface area (Å²) in [6.07, 6.45) is 3.79. The first-order chi connectivity index (χ1) is 26.5. The molecule has 6 rings (SSSR count). The van der Waals surface area contributed by atoms with Crippen LogP contribution in [-0.2, 0) is 29.0 Å². The van der Waals surface area contributed by atoms with E-state index in [1.165, 1.54) is 37.9 Å². The fraction of sp³-hybridized carbons (Fsp3) is 0.386. The fourth-order valence-corrected chi connectivity index (χ4v) is 7.33. The number of halogens is 3. The van der Waals surface area contributed by atoms with Crippen LogP contribution in [0.5, 0.6) is 5.75 Å². The Labute approximate surface area is 321 Å². The van der Waals surface area contributed by atoms with Crippen molar-refractivity contribution in [2.24, 2.45) is 0 Å². The quantitative estimate of drug-likeness (QED) is 0.151. The number of likely N-dealkylation sites (tertiary alicyclic amines) is 2. The number of carboxylic acids is 1. The molecule has 2 heterocycles. The van der Waals surface area contributed by atoms with Crippen LogP contribution in [0.3, 0.4) is 0 Å². The number of alkyl halides is 3. The van der Waals surface area contributed by atoms with Gasteiger partial charge in [-0.05, 0) is 110 Å². The molecule has 0 atom stereocenters. The highest BCUT2D eigenvalue weighted by Gasteiger charge is 2.38. The minimum atomic E-state index is -5.08. The summed E-state index contributed by atoms with van der Waals surface area (Å²) in [6.45, 7) is 5.09. The molecule has 2 saturated heterocycles. The van der Waals surface area contributed by atoms with E-state index in [9.17, 15) is 27.9 Å². The van der Waals surface area contributed by atoms with Crippen LogP contribution in [0.25, 0.3) is 11.1 Å². The number of aryl methyl sites for hydroxylation is 1. The van der Waals surface area contributed by atoms with Gasteiger partial charge in [0.05, 0.1) is 0 Å². The second-order valence-electron chi connectivity index (χ2n) is 14.2. The Morgan fingerprint density at radius 1 is 0.727 bits per heavy atom. The summed E-state index contributed by atoms with van der Waals surface area (Å²) in [7, 11) is 0. The molecule has 0 saturated carbocycles. The molecule has 2 aliphatic heterocycles. The van der Waals surface area contributed by atoms with Crippen LogP contribution in [0.15, 0.2) is 103 Å². The topological polar surface area (TPSA) is 101 Å². The summed E-state index contributed by atoms with van der Waals surface area (Å²) in [4.78, 5) is 43.1. The molecule has 2 fully saturated rings. The predicted octanol–water partition coefficient (Wildman–Crippen LogP) is 8.38. The van der Waals surface area contributed by atoms with Crippen LogP contribution in [0.2, 0.25) is 0 Å². The van der Waals surface area contributed by atoms with Crippen LogP contribution >= 0.6 is 0 Å². The number of hydrogen-bond donors (Lipinski definition) is 2. The second kappa shape index (κ2) is 20.0. The monoisotopic (exact) mass is 757 g/mol. The first kappa shape index (κ1) is 41.0. The number of phenols is 1. The molecule has 0 bridgehead atoms. The van der Waals surface area contributed by atoms with Gasteiger partial charge in [-0.3, -0.25) is 9.59 Å². The third-order valence-corrected chi connectivity index (χ3v) is 10.3. The molecule has 11 heteroatoms. The van der Waals surface area contributed by atoms with Gasteiger partial charge in [0.2, 0.25) is 5.91 Å². The van der Waals surface area contributed by atoms with Gasteiger partial charge in [-0.1, -0.05) is 85.3 Å². The molecule has 4 aromatic rings. The number of amides is 2. The number of hydrogen-bond acceptors (Lipinski definition) is 5. The first-order valence-electron chi connectivity index (χ1n) is 19.1. The predicted molar refractivity (Wildman–Crippen MR) is 207 cm³/mol. The van der Waals surface area contributed by atoms with Gasteiger partial charge in [-0.15, -0.1) is 0 Å². The smallest absolute Gasteiger partial charge is 0.490 e. The molecule has 2 aliphatic rings. The number of rotatable bonds is 12. The molecule has 0 aromatic heterocycles. The number of carbonyl (C=O) groups is 3. The normalized spacial score (nSPS) is 15.1. The summed E-state index contributed by atoms with van der Waals surface area (Å²) in [5.74, 6) is -2.27. The Kier molecular flexibility index (Phi) is 14.9. The zero-order valence-corrected chi connectivity index (χ0v) is 31.1. The molecule has 55 heavy (non-hydrogen) atoms. The first-order valence-corrected chi connectivity index (χ1v) is 19.1. The van der Waals surface area contributed by atoms with E-state index < -0.39 is 12.1 Å². The largest absolute Gasteiger partial charge is 0.508 e. The lowest BCUT2D eigenvalue weighted by Crippen LogP contribution is -2.48. The van der Waals surface area contributed by atoms with Crippen molar-refractivity contribution in [1.82, 2.24) is 14.7 Å². The lowest BCUT2D eigenvalue weighted by Gasteiger charge is -2.40. The van der Waals surface area contributed by atoms with Gasteiger partial charge in [0, 0.05) is 44.2 Å². The van der Waals surface area contributed by atoms with Crippen LogP contribution in [0.1, 0.15) is 72.0 Å². The van der Waals surface area contributed by atoms with E-state index in [-0.39, 0.29) is 17.6 Å². The van der Waals surface area contributed by atoms with E-state index in [0.29, 0.717) is 32.0 Å². The highest BCUT2D eigenvalue weighted by Crippen LogP contribution is 2.29. The lowest BCUT2D eigenvalue weighted by molar-refractivity contribution is -0.192. The van der Waals surface area contributed by atoms with E-state index in [4.69, 9.17) is 9.90 Å². The van der Waals surface area contributed by atoms with Gasteiger partial charge >= 0.3 is 12.1 Å². The van der Waals surface area contributed by atoms with Crippen LogP contribution in [-0.4, -0.2) is 87.6 Å². The van der Waals surface area contributed by atoms with Gasteiger partial charge in [0.25, 0.3) is 5.91 Å². The van der Waals surface area contributed by atoms with Crippen LogP contribution < -0.4 is 0 Å². The fourth-order valence-electron chi connectivity index (χ4n) is 7.33. The number of benzene rings is 4. The average Bonchev–Trinajstić information content (AvgIpc) is 3.20. The molecular weight excluding hydrogens is 707 g/mol. The highest BCUT2D eigenvalue weighted by atomic mass is 19.4. The molecule has 0 aliphatic carbocycles. The molecule has 2 N–H and O–H groups in total. The van der Waals surface area contributed by atoms with Crippen molar-refractivity contribution in [1.29, 1.82) is 0 Å². The van der Waals surface area contributed by atoms with Gasteiger partial charge in [0.1, 0.15) is 5.75 Å². The number of carboxylic acid groups (broad SMARTS) is 1. The third kappa shape index (κ3) is 12.4. The van der Waals surface area contributed by atoms with E-state index in [1.54, 1.807) is 12.1 Å². The molecule has 8 nitrogen and oxygen atoms in total. The Balaban J connectivity index is 0.000000757. The Bertz CT molecular complexity index is 1840. The molecule has 2 amide bonds. The van der Waals surface area contributed by atoms with Crippen molar-refractivity contribution >= 4 is 17.8 Å². The summed E-state index contributed by atoms with van der Waals surface area (Å²) < 4.78 is 31.7. The third-order valence-electron chi connectivity index (χ3n) is 10.3. The lowest BCUT2D eigenvalue weighted by atomic mass is 9.95. The van der Waals surface area contributed by atoms with Crippen molar-refractivity contribution in [3.63, 3.8) is 0 Å². The summed E-state index contributed by atoms with van der Waals surface area (Å²) in [5.41, 5.74) is 6.04. The maximum absolute atomic E-state index is 13.9. The Morgan fingerprint density at radius 2 is 1.35 bits per heavy atom. The molecule has 4 aromatic carbocycles. The molecule has 0 spiro atoms. The zero-order valence-electron chi connectivity index (χ0n) is 31.1. The van der Waals surface area contributed by atoms with Crippen LogP contribution in [0, 0.1) is 0 Å². The van der Waals surface area contributed by atoms with Gasteiger partial charge < -0.3 is 24.9 Å². The van der Waals surface area contributed by atoms with Gasteiger partial charge in [0.15, 0.2) is 0 Å². The van der Waals surface area contributed by atoms with Gasteiger partial charge in [-0.2, -0.15) is 13.2 Å². The van der Waals surface area contributed by atoms with Crippen molar-refractivity contribution in [3.05, 3.63) is 125 Å². The van der Waals surface area contributed by atoms with Crippen LogP contribution in [0.4, 0.5) is 13.2 Å². The molecule has 292 valence electrons. The average molecular weight is 758 g/mol. The second-order valence-corrected chi connectivity index (χ2v) is 14.2. The van der Waals surface area contributed by atoms with E-state index >= 15 is 0 Å². The minimum Gasteiger partial charge on any atom is -0.508 e. The number of piperidine rings is 2. The van der Waals surface area contributed by atoms with Crippen molar-refractivity contribution in [3.8, 4) is 16.9 Å². The maximum Gasteiger partial charge on any atom is 0.490 e. The number of aliphatic carboxylic acids is 1. The maximum atomic E-state index is 13.9. The molecule has 0 radical (unpaired) electrons. The molecule has 0 unspecified atom stereocenters. The number of phenolic OH excluding ortho intramolecular Hbond substituents is 1. The van der Waals surface area contributed by atoms with Crippen molar-refractivity contribution in [2.75, 3.05) is 32.7 Å². The van der Waals surface area contributed by atoms with Crippen molar-refractivity contribution < 1.29 is 37.8 Å². The SMILES string of the molecule is O=C(CCCc1ccccc1)N(CCc1ccc(O)cc1)Cc1cccc(-c2ccccc2C(=O)N2CCC(N3CCCCC3)CC2)c1.O=C(O)C(F)(F)F. The highest BCUT2D eigenvalue weighted by molar-refractivity contribution is 6.01. The Hall–Kier alpha value is -5.16. The van der Waals surface area contributed by atoms with E-state index in [0.717, 1.165) is 66.6 Å². The van der Waals surface area contributed by atoms with Gasteiger partial charge in [-0.25, -0.2) is 4.79 Å². The number of aromatic hydroxyl groups is 1. The molecular formula is C44H50F3N3O5. The van der Waals surface area contributed by atoms with E-state index in [2.05, 4.69) is 35.2 Å². The standard InChI is InChI=1S/C42H49N3O3.C2HF3O2/c46-38-21-19-34(20-22-38)23-28-45(41(47)18-10-13-33-11-3-1-4-12-33)32-35-14-9-15-36(31-35)39-16-5-6-17-40(39)42(48)44-29-24-37(25-30-44)43-26-7-2-8-27-43;3-2(4,5)1(6)7/h1,3-6,9,11-12,14-17,19-22,31,37,46H,2,7-8,10,13,18,23-30,32H2;(H,6,7). The number of carbonyl (C=O) groups excluding carboxylic acids is 2. The summed E-state index contributed by atoms with van der Waals surface area (Å²) in [5, 5.41) is 16.9. The summed E-state index contributed by atoms with van der Waals surface area (Å²) in [6, 6.07) is 34.4. The van der Waals surface area contributed by atoms with E-state index in [1.807, 2.05) is 70.5 Å². The minimum absolute atomic E-state index is 0.109. The Morgan fingerprint density at radius 3 is 2.02 bits per heavy atom. The zero-order chi connectivity index (χ0) is 39.2. The summed E-state index contributed by atoms with van der Waals surface area (Å²) >= 11 is 0. The number of nitrogens with zero attached hydrogens (tertiary/aromatic N) is 3.